The van der Waals surface area contributed by atoms with E-state index in [0.29, 0.717) is 12.4 Å². The van der Waals surface area contributed by atoms with Crippen molar-refractivity contribution in [2.24, 2.45) is 0 Å². The number of carbonyl (C=O) groups excluding carboxylic acids is 1. The second-order valence-corrected chi connectivity index (χ2v) is 5.58. The molecule has 0 aliphatic carbocycles. The number of aromatic nitrogens is 2. The fourth-order valence-corrected chi connectivity index (χ4v) is 1.72. The van der Waals surface area contributed by atoms with Gasteiger partial charge in [0.2, 0.25) is 10.0 Å². The normalized spacial score (nSPS) is 11.1. The Balaban J connectivity index is 2.47. The first-order chi connectivity index (χ1) is 8.92. The van der Waals surface area contributed by atoms with Crippen LogP contribution in [0.5, 0.6) is 0 Å². The van der Waals surface area contributed by atoms with Gasteiger partial charge in [0.15, 0.2) is 0 Å². The molecule has 1 aromatic rings. The van der Waals surface area contributed by atoms with Gasteiger partial charge in [0.05, 0.1) is 18.6 Å². The minimum atomic E-state index is -3.24. The SMILES string of the molecule is CCNc1cncc(C(=O)NCCNS(C)(=O)=O)n1. The summed E-state index contributed by atoms with van der Waals surface area (Å²) >= 11 is 0. The standard InChI is InChI=1S/C10H17N5O3S/c1-3-12-9-7-11-6-8(15-9)10(16)13-4-5-14-19(2,17)18/h6-7,14H,3-5H2,1-2H3,(H,12,15)(H,13,16). The monoisotopic (exact) mass is 287 g/mol. The van der Waals surface area contributed by atoms with E-state index in [1.807, 2.05) is 6.92 Å². The van der Waals surface area contributed by atoms with E-state index in [2.05, 4.69) is 25.3 Å². The Bertz CT molecular complexity index is 532. The predicted octanol–water partition coefficient (Wildman–Crippen LogP) is -0.813. The van der Waals surface area contributed by atoms with Crippen LogP contribution in [0.1, 0.15) is 17.4 Å². The van der Waals surface area contributed by atoms with Gasteiger partial charge in [-0.25, -0.2) is 18.1 Å². The Hall–Kier alpha value is -1.74. The lowest BCUT2D eigenvalue weighted by Crippen LogP contribution is -2.34. The van der Waals surface area contributed by atoms with E-state index in [0.717, 1.165) is 6.26 Å². The minimum absolute atomic E-state index is 0.130. The molecule has 1 rings (SSSR count). The molecule has 0 radical (unpaired) electrons. The Morgan fingerprint density at radius 3 is 2.68 bits per heavy atom. The average Bonchev–Trinajstić information content (AvgIpc) is 2.34. The topological polar surface area (TPSA) is 113 Å². The van der Waals surface area contributed by atoms with Crippen LogP contribution in [-0.2, 0) is 10.0 Å². The number of sulfonamides is 1. The molecule has 1 aromatic heterocycles. The van der Waals surface area contributed by atoms with E-state index in [-0.39, 0.29) is 18.8 Å². The third-order valence-corrected chi connectivity index (χ3v) is 2.73. The van der Waals surface area contributed by atoms with Crippen molar-refractivity contribution < 1.29 is 13.2 Å². The summed E-state index contributed by atoms with van der Waals surface area (Å²) in [5.41, 5.74) is 0.179. The summed E-state index contributed by atoms with van der Waals surface area (Å²) in [5, 5.41) is 5.49. The zero-order valence-corrected chi connectivity index (χ0v) is 11.6. The van der Waals surface area contributed by atoms with Crippen LogP contribution in [0.15, 0.2) is 12.4 Å². The van der Waals surface area contributed by atoms with Gasteiger partial charge >= 0.3 is 0 Å². The number of hydrogen-bond donors (Lipinski definition) is 3. The molecule has 0 saturated carbocycles. The highest BCUT2D eigenvalue weighted by Crippen LogP contribution is 2.01. The van der Waals surface area contributed by atoms with Gasteiger partial charge in [-0.15, -0.1) is 0 Å². The summed E-state index contributed by atoms with van der Waals surface area (Å²) in [6.45, 7) is 2.90. The van der Waals surface area contributed by atoms with E-state index in [1.54, 1.807) is 0 Å². The van der Waals surface area contributed by atoms with Gasteiger partial charge in [-0.3, -0.25) is 9.78 Å². The number of carbonyl (C=O) groups is 1. The molecular formula is C10H17N5O3S. The van der Waals surface area contributed by atoms with Gasteiger partial charge in [-0.1, -0.05) is 0 Å². The second-order valence-electron chi connectivity index (χ2n) is 3.74. The van der Waals surface area contributed by atoms with Crippen LogP contribution in [0.3, 0.4) is 0 Å². The van der Waals surface area contributed by atoms with Crippen molar-refractivity contribution in [1.82, 2.24) is 20.0 Å². The second kappa shape index (κ2) is 7.00. The summed E-state index contributed by atoms with van der Waals surface area (Å²) in [4.78, 5) is 19.7. The molecule has 9 heteroatoms. The molecule has 0 aliphatic rings. The van der Waals surface area contributed by atoms with E-state index in [9.17, 15) is 13.2 Å². The molecule has 0 atom stereocenters. The molecule has 8 nitrogen and oxygen atoms in total. The van der Waals surface area contributed by atoms with Crippen molar-refractivity contribution in [3.8, 4) is 0 Å². The molecule has 0 spiro atoms. The summed E-state index contributed by atoms with van der Waals surface area (Å²) < 4.78 is 23.9. The highest BCUT2D eigenvalue weighted by molar-refractivity contribution is 7.88. The van der Waals surface area contributed by atoms with Gasteiger partial charge in [0.25, 0.3) is 5.91 Å². The van der Waals surface area contributed by atoms with E-state index >= 15 is 0 Å². The number of nitrogens with zero attached hydrogens (tertiary/aromatic N) is 2. The van der Waals surface area contributed by atoms with Gasteiger partial charge < -0.3 is 10.6 Å². The van der Waals surface area contributed by atoms with Crippen LogP contribution in [-0.4, -0.2) is 50.2 Å². The lowest BCUT2D eigenvalue weighted by molar-refractivity contribution is 0.0949. The van der Waals surface area contributed by atoms with Crippen molar-refractivity contribution in [3.05, 3.63) is 18.1 Å². The van der Waals surface area contributed by atoms with E-state index < -0.39 is 15.9 Å². The fraction of sp³-hybridized carbons (Fsp3) is 0.500. The van der Waals surface area contributed by atoms with E-state index in [4.69, 9.17) is 0 Å². The Labute approximate surface area is 112 Å². The molecule has 0 bridgehead atoms. The lowest BCUT2D eigenvalue weighted by atomic mass is 10.4. The summed E-state index contributed by atoms with van der Waals surface area (Å²) in [6.07, 6.45) is 3.92. The predicted molar refractivity (Wildman–Crippen MR) is 71.4 cm³/mol. The number of hydrogen-bond acceptors (Lipinski definition) is 6. The van der Waals surface area contributed by atoms with Gasteiger partial charge in [0.1, 0.15) is 11.5 Å². The maximum Gasteiger partial charge on any atom is 0.271 e. The third-order valence-electron chi connectivity index (χ3n) is 2.00. The van der Waals surface area contributed by atoms with Crippen molar-refractivity contribution >= 4 is 21.7 Å². The first-order valence-electron chi connectivity index (χ1n) is 5.71. The maximum absolute atomic E-state index is 11.7. The van der Waals surface area contributed by atoms with Crippen LogP contribution in [0.2, 0.25) is 0 Å². The molecule has 0 saturated heterocycles. The summed E-state index contributed by atoms with van der Waals surface area (Å²) in [6, 6.07) is 0. The number of rotatable bonds is 7. The van der Waals surface area contributed by atoms with Crippen LogP contribution < -0.4 is 15.4 Å². The smallest absolute Gasteiger partial charge is 0.271 e. The third kappa shape index (κ3) is 6.11. The molecule has 106 valence electrons. The van der Waals surface area contributed by atoms with Crippen LogP contribution in [0.4, 0.5) is 5.82 Å². The first-order valence-corrected chi connectivity index (χ1v) is 7.60. The number of amides is 1. The first kappa shape index (κ1) is 15.3. The van der Waals surface area contributed by atoms with Crippen molar-refractivity contribution in [3.63, 3.8) is 0 Å². The molecule has 0 aliphatic heterocycles. The molecule has 0 unspecified atom stereocenters. The van der Waals surface area contributed by atoms with Gasteiger partial charge in [-0.2, -0.15) is 0 Å². The van der Waals surface area contributed by atoms with Crippen molar-refractivity contribution in [1.29, 1.82) is 0 Å². The van der Waals surface area contributed by atoms with Crippen LogP contribution >= 0.6 is 0 Å². The Kier molecular flexibility index (Phi) is 5.64. The van der Waals surface area contributed by atoms with Gasteiger partial charge in [-0.05, 0) is 6.92 Å². The molecule has 0 fully saturated rings. The Morgan fingerprint density at radius 1 is 1.32 bits per heavy atom. The van der Waals surface area contributed by atoms with Crippen molar-refractivity contribution in [2.45, 2.75) is 6.92 Å². The largest absolute Gasteiger partial charge is 0.369 e. The van der Waals surface area contributed by atoms with E-state index in [1.165, 1.54) is 12.4 Å². The zero-order valence-electron chi connectivity index (χ0n) is 10.8. The molecule has 3 N–H and O–H groups in total. The molecule has 1 heterocycles. The molecular weight excluding hydrogens is 270 g/mol. The van der Waals surface area contributed by atoms with Crippen molar-refractivity contribution in [2.75, 3.05) is 31.2 Å². The summed E-state index contributed by atoms with van der Waals surface area (Å²) in [5.74, 6) is 0.118. The highest BCUT2D eigenvalue weighted by Gasteiger charge is 2.08. The maximum atomic E-state index is 11.7. The number of anilines is 1. The highest BCUT2D eigenvalue weighted by atomic mass is 32.2. The quantitative estimate of drug-likeness (QED) is 0.565. The molecule has 19 heavy (non-hydrogen) atoms. The fourth-order valence-electron chi connectivity index (χ4n) is 1.24. The lowest BCUT2D eigenvalue weighted by Gasteiger charge is -2.06. The van der Waals surface area contributed by atoms with Crippen LogP contribution in [0, 0.1) is 0 Å². The summed E-state index contributed by atoms with van der Waals surface area (Å²) in [7, 11) is -3.24. The molecule has 1 amide bonds. The van der Waals surface area contributed by atoms with Crippen LogP contribution in [0.25, 0.3) is 0 Å². The molecule has 0 aromatic carbocycles. The zero-order chi connectivity index (χ0) is 14.3. The minimum Gasteiger partial charge on any atom is -0.369 e. The Morgan fingerprint density at radius 2 is 2.05 bits per heavy atom. The average molecular weight is 287 g/mol. The van der Waals surface area contributed by atoms with Gasteiger partial charge in [0, 0.05) is 19.6 Å². The number of nitrogens with one attached hydrogen (secondary N) is 3.